The second kappa shape index (κ2) is 4.96. The van der Waals surface area contributed by atoms with E-state index in [-0.39, 0.29) is 6.42 Å². The van der Waals surface area contributed by atoms with Crippen LogP contribution in [0.25, 0.3) is 21.8 Å². The minimum Gasteiger partial charge on any atom is -0.481 e. The average molecular weight is 268 g/mol. The van der Waals surface area contributed by atoms with Crippen LogP contribution < -0.4 is 0 Å². The highest BCUT2D eigenvalue weighted by atomic mass is 16.4. The largest absolute Gasteiger partial charge is 0.481 e. The number of aromatic nitrogens is 2. The Morgan fingerprint density at radius 2 is 2.10 bits per heavy atom. The first-order valence-electron chi connectivity index (χ1n) is 6.69. The Hall–Kier alpha value is -2.36. The molecule has 2 aromatic heterocycles. The average Bonchev–Trinajstić information content (AvgIpc) is 2.73. The van der Waals surface area contributed by atoms with Crippen LogP contribution in [0.1, 0.15) is 18.4 Å². The minimum absolute atomic E-state index is 0.219. The SMILES string of the molecule is Cn1c2ccncc2c2ccc(CCCC(=O)O)cc21. The quantitative estimate of drug-likeness (QED) is 0.791. The van der Waals surface area contributed by atoms with Crippen molar-refractivity contribution in [2.75, 3.05) is 0 Å². The summed E-state index contributed by atoms with van der Waals surface area (Å²) < 4.78 is 2.16. The van der Waals surface area contributed by atoms with Crippen molar-refractivity contribution in [1.29, 1.82) is 0 Å². The molecule has 0 radical (unpaired) electrons. The first kappa shape index (κ1) is 12.7. The summed E-state index contributed by atoms with van der Waals surface area (Å²) in [6.45, 7) is 0. The van der Waals surface area contributed by atoms with Crippen LogP contribution in [-0.2, 0) is 18.3 Å². The van der Waals surface area contributed by atoms with Crippen molar-refractivity contribution in [1.82, 2.24) is 9.55 Å². The first-order valence-corrected chi connectivity index (χ1v) is 6.69. The van der Waals surface area contributed by atoms with Gasteiger partial charge in [-0.15, -0.1) is 0 Å². The van der Waals surface area contributed by atoms with Crippen molar-refractivity contribution in [2.45, 2.75) is 19.3 Å². The molecule has 3 aromatic rings. The van der Waals surface area contributed by atoms with Crippen LogP contribution in [0.5, 0.6) is 0 Å². The molecule has 4 heteroatoms. The molecule has 0 spiro atoms. The summed E-state index contributed by atoms with van der Waals surface area (Å²) in [6.07, 6.45) is 5.38. The van der Waals surface area contributed by atoms with E-state index >= 15 is 0 Å². The van der Waals surface area contributed by atoms with Crippen molar-refractivity contribution in [3.63, 3.8) is 0 Å². The summed E-state index contributed by atoms with van der Waals surface area (Å²) in [7, 11) is 2.05. The Labute approximate surface area is 116 Å². The molecule has 1 aromatic carbocycles. The van der Waals surface area contributed by atoms with Crippen LogP contribution in [0.15, 0.2) is 36.7 Å². The van der Waals surface area contributed by atoms with Gasteiger partial charge in [-0.25, -0.2) is 0 Å². The molecule has 0 fully saturated rings. The number of hydrogen-bond acceptors (Lipinski definition) is 2. The number of nitrogens with zero attached hydrogens (tertiary/aromatic N) is 2. The second-order valence-electron chi connectivity index (χ2n) is 5.05. The van der Waals surface area contributed by atoms with Crippen molar-refractivity contribution in [3.8, 4) is 0 Å². The summed E-state index contributed by atoms with van der Waals surface area (Å²) in [6, 6.07) is 8.35. The number of aliphatic carboxylic acids is 1. The van der Waals surface area contributed by atoms with Crippen LogP contribution in [0.3, 0.4) is 0 Å². The van der Waals surface area contributed by atoms with Gasteiger partial charge in [-0.05, 0) is 30.5 Å². The van der Waals surface area contributed by atoms with Crippen LogP contribution in [0, 0.1) is 0 Å². The summed E-state index contributed by atoms with van der Waals surface area (Å²) >= 11 is 0. The molecule has 102 valence electrons. The fourth-order valence-corrected chi connectivity index (χ4v) is 2.70. The van der Waals surface area contributed by atoms with Crippen LogP contribution >= 0.6 is 0 Å². The van der Waals surface area contributed by atoms with Crippen LogP contribution in [0.2, 0.25) is 0 Å². The van der Waals surface area contributed by atoms with Gasteiger partial charge in [-0.2, -0.15) is 0 Å². The Bertz CT molecular complexity index is 790. The lowest BCUT2D eigenvalue weighted by molar-refractivity contribution is -0.137. The van der Waals surface area contributed by atoms with Gasteiger partial charge in [0.25, 0.3) is 0 Å². The Kier molecular flexibility index (Phi) is 3.14. The third-order valence-corrected chi connectivity index (χ3v) is 3.73. The molecule has 20 heavy (non-hydrogen) atoms. The van der Waals surface area contributed by atoms with E-state index in [0.717, 1.165) is 17.3 Å². The minimum atomic E-state index is -0.734. The van der Waals surface area contributed by atoms with E-state index in [1.807, 2.05) is 19.3 Å². The molecule has 3 rings (SSSR count). The first-order chi connectivity index (χ1) is 9.66. The van der Waals surface area contributed by atoms with E-state index in [0.29, 0.717) is 6.42 Å². The van der Waals surface area contributed by atoms with Crippen LogP contribution in [-0.4, -0.2) is 20.6 Å². The molecule has 0 aliphatic carbocycles. The number of carboxylic acid groups (broad SMARTS) is 1. The molecule has 2 heterocycles. The third kappa shape index (κ3) is 2.13. The van der Waals surface area contributed by atoms with Gasteiger partial charge in [0, 0.05) is 42.2 Å². The van der Waals surface area contributed by atoms with E-state index in [4.69, 9.17) is 5.11 Å². The number of fused-ring (bicyclic) bond motifs is 3. The second-order valence-corrected chi connectivity index (χ2v) is 5.05. The monoisotopic (exact) mass is 268 g/mol. The third-order valence-electron chi connectivity index (χ3n) is 3.73. The number of carboxylic acids is 1. The smallest absolute Gasteiger partial charge is 0.303 e. The Morgan fingerprint density at radius 1 is 1.25 bits per heavy atom. The topological polar surface area (TPSA) is 55.1 Å². The van der Waals surface area contributed by atoms with Gasteiger partial charge in [0.05, 0.1) is 5.52 Å². The zero-order chi connectivity index (χ0) is 14.1. The zero-order valence-electron chi connectivity index (χ0n) is 11.3. The lowest BCUT2D eigenvalue weighted by atomic mass is 10.1. The maximum atomic E-state index is 10.6. The molecular formula is C16H16N2O2. The maximum Gasteiger partial charge on any atom is 0.303 e. The fraction of sp³-hybridized carbons (Fsp3) is 0.250. The molecule has 0 aliphatic heterocycles. The van der Waals surface area contributed by atoms with Crippen LogP contribution in [0.4, 0.5) is 0 Å². The lowest BCUT2D eigenvalue weighted by Gasteiger charge is -2.02. The molecule has 0 saturated heterocycles. The molecule has 0 saturated carbocycles. The molecule has 4 nitrogen and oxygen atoms in total. The molecule has 0 atom stereocenters. The van der Waals surface area contributed by atoms with Gasteiger partial charge in [0.2, 0.25) is 0 Å². The number of aryl methyl sites for hydroxylation is 2. The number of hydrogen-bond donors (Lipinski definition) is 1. The van der Waals surface area contributed by atoms with Gasteiger partial charge >= 0.3 is 5.97 Å². The molecule has 0 bridgehead atoms. The van der Waals surface area contributed by atoms with Gasteiger partial charge in [-0.3, -0.25) is 9.78 Å². The number of pyridine rings is 1. The van der Waals surface area contributed by atoms with E-state index in [9.17, 15) is 4.79 Å². The summed E-state index contributed by atoms with van der Waals surface area (Å²) in [5, 5.41) is 11.0. The van der Waals surface area contributed by atoms with Crippen molar-refractivity contribution < 1.29 is 9.90 Å². The number of carbonyl (C=O) groups is 1. The number of rotatable bonds is 4. The normalized spacial score (nSPS) is 11.2. The molecule has 0 unspecified atom stereocenters. The van der Waals surface area contributed by atoms with Gasteiger partial charge < -0.3 is 9.67 Å². The van der Waals surface area contributed by atoms with Gasteiger partial charge in [-0.1, -0.05) is 12.1 Å². The summed E-state index contributed by atoms with van der Waals surface area (Å²) in [5.74, 6) is -0.734. The van der Waals surface area contributed by atoms with E-state index in [1.54, 1.807) is 6.20 Å². The van der Waals surface area contributed by atoms with E-state index < -0.39 is 5.97 Å². The highest BCUT2D eigenvalue weighted by molar-refractivity contribution is 6.07. The predicted molar refractivity (Wildman–Crippen MR) is 78.8 cm³/mol. The lowest BCUT2D eigenvalue weighted by Crippen LogP contribution is -1.96. The standard InChI is InChI=1S/C16H16N2O2/c1-18-14-7-8-17-10-13(14)12-6-5-11(9-15(12)18)3-2-4-16(19)20/h5-10H,2-4H2,1H3,(H,19,20). The molecule has 1 N–H and O–H groups in total. The van der Waals surface area contributed by atoms with Crippen molar-refractivity contribution in [2.24, 2.45) is 7.05 Å². The fourth-order valence-electron chi connectivity index (χ4n) is 2.70. The Balaban J connectivity index is 2.00. The van der Waals surface area contributed by atoms with E-state index in [2.05, 4.69) is 27.8 Å². The summed E-state index contributed by atoms with van der Waals surface area (Å²) in [4.78, 5) is 14.8. The zero-order valence-corrected chi connectivity index (χ0v) is 11.3. The predicted octanol–water partition coefficient (Wildman–Crippen LogP) is 3.13. The summed E-state index contributed by atoms with van der Waals surface area (Å²) in [5.41, 5.74) is 3.51. The van der Waals surface area contributed by atoms with Gasteiger partial charge in [0.1, 0.15) is 0 Å². The highest BCUT2D eigenvalue weighted by Crippen LogP contribution is 2.28. The molecule has 0 aliphatic rings. The van der Waals surface area contributed by atoms with Crippen molar-refractivity contribution >= 4 is 27.8 Å². The van der Waals surface area contributed by atoms with Crippen molar-refractivity contribution in [3.05, 3.63) is 42.2 Å². The number of benzene rings is 1. The Morgan fingerprint density at radius 3 is 2.90 bits per heavy atom. The molecule has 0 amide bonds. The maximum absolute atomic E-state index is 10.6. The van der Waals surface area contributed by atoms with E-state index in [1.165, 1.54) is 16.5 Å². The highest BCUT2D eigenvalue weighted by Gasteiger charge is 2.08. The molecular weight excluding hydrogens is 252 g/mol. The van der Waals surface area contributed by atoms with Gasteiger partial charge in [0.15, 0.2) is 0 Å².